The van der Waals surface area contributed by atoms with Gasteiger partial charge in [0.2, 0.25) is 0 Å². The number of ether oxygens (including phenoxy) is 1. The predicted molar refractivity (Wildman–Crippen MR) is 91.7 cm³/mol. The van der Waals surface area contributed by atoms with E-state index < -0.39 is 0 Å². The molecule has 3 heteroatoms. The molecule has 1 aliphatic heterocycles. The maximum absolute atomic E-state index is 9.86. The van der Waals surface area contributed by atoms with Gasteiger partial charge in [0.25, 0.3) is 0 Å². The minimum atomic E-state index is 0.0627. The Morgan fingerprint density at radius 1 is 1.04 bits per heavy atom. The third-order valence-corrected chi connectivity index (χ3v) is 4.57. The van der Waals surface area contributed by atoms with Crippen LogP contribution in [-0.2, 0) is 24.2 Å². The summed E-state index contributed by atoms with van der Waals surface area (Å²) in [6, 6.07) is 9.83. The molecular formula is C20H24O3. The molecule has 23 heavy (non-hydrogen) atoms. The predicted octanol–water partition coefficient (Wildman–Crippen LogP) is 3.76. The molecule has 3 nitrogen and oxygen atoms in total. The lowest BCUT2D eigenvalue weighted by Gasteiger charge is -2.26. The number of aliphatic hydroxyl groups is 1. The Hall–Kier alpha value is -1.84. The highest BCUT2D eigenvalue weighted by Gasteiger charge is 2.23. The van der Waals surface area contributed by atoms with Crippen LogP contribution in [0.4, 0.5) is 0 Å². The van der Waals surface area contributed by atoms with Crippen molar-refractivity contribution in [3.05, 3.63) is 52.6 Å². The Kier molecular flexibility index (Phi) is 4.99. The van der Waals surface area contributed by atoms with Gasteiger partial charge in [0, 0.05) is 13.2 Å². The second-order valence-corrected chi connectivity index (χ2v) is 6.22. The highest BCUT2D eigenvalue weighted by atomic mass is 16.5. The van der Waals surface area contributed by atoms with Gasteiger partial charge in [0.05, 0.1) is 6.61 Å². The maximum atomic E-state index is 9.86. The first-order chi connectivity index (χ1) is 11.2. The highest BCUT2D eigenvalue weighted by Crippen LogP contribution is 2.41. The minimum absolute atomic E-state index is 0.0627. The molecule has 0 bridgehead atoms. The monoisotopic (exact) mass is 312 g/mol. The van der Waals surface area contributed by atoms with E-state index in [4.69, 9.17) is 4.74 Å². The largest absolute Gasteiger partial charge is 0.508 e. The van der Waals surface area contributed by atoms with Gasteiger partial charge >= 0.3 is 0 Å². The minimum Gasteiger partial charge on any atom is -0.508 e. The number of hydrogen-bond donors (Lipinski definition) is 2. The normalized spacial score (nSPS) is 15.4. The zero-order valence-corrected chi connectivity index (χ0v) is 13.6. The molecule has 2 N–H and O–H groups in total. The van der Waals surface area contributed by atoms with E-state index in [1.165, 1.54) is 24.0 Å². The Morgan fingerprint density at radius 3 is 2.35 bits per heavy atom. The summed E-state index contributed by atoms with van der Waals surface area (Å²) in [6.45, 7) is 4.09. The lowest BCUT2D eigenvalue weighted by molar-refractivity contribution is 0.198. The molecule has 1 fully saturated rings. The summed E-state index contributed by atoms with van der Waals surface area (Å²) < 4.78 is 4.94. The molecule has 0 spiro atoms. The molecule has 0 saturated carbocycles. The second kappa shape index (κ2) is 7.16. The molecule has 1 heterocycles. The highest BCUT2D eigenvalue weighted by molar-refractivity contribution is 5.76. The molecular weight excluding hydrogens is 288 g/mol. The Balaban J connectivity index is 0.000000267. The fraction of sp³-hybridized carbons (Fsp3) is 0.400. The third-order valence-electron chi connectivity index (χ3n) is 4.57. The van der Waals surface area contributed by atoms with E-state index in [0.717, 1.165) is 48.3 Å². The number of benzene rings is 2. The van der Waals surface area contributed by atoms with Crippen molar-refractivity contribution in [2.45, 2.75) is 39.2 Å². The van der Waals surface area contributed by atoms with Crippen molar-refractivity contribution in [3.8, 4) is 16.9 Å². The van der Waals surface area contributed by atoms with Crippen LogP contribution < -0.4 is 0 Å². The van der Waals surface area contributed by atoms with Gasteiger partial charge < -0.3 is 14.9 Å². The number of phenols is 1. The van der Waals surface area contributed by atoms with E-state index in [1.807, 2.05) is 31.2 Å². The summed E-state index contributed by atoms with van der Waals surface area (Å²) in [6.07, 6.45) is 4.55. The molecule has 0 amide bonds. The van der Waals surface area contributed by atoms with Crippen LogP contribution in [0.1, 0.15) is 35.1 Å². The average molecular weight is 312 g/mol. The zero-order chi connectivity index (χ0) is 16.2. The van der Waals surface area contributed by atoms with Crippen molar-refractivity contribution in [1.29, 1.82) is 0 Å². The fourth-order valence-corrected chi connectivity index (χ4v) is 3.27. The van der Waals surface area contributed by atoms with Gasteiger partial charge in [-0.25, -0.2) is 0 Å². The van der Waals surface area contributed by atoms with Gasteiger partial charge in [-0.05, 0) is 78.1 Å². The van der Waals surface area contributed by atoms with E-state index in [2.05, 4.69) is 6.07 Å². The van der Waals surface area contributed by atoms with Gasteiger partial charge in [0.15, 0.2) is 0 Å². The van der Waals surface area contributed by atoms with Crippen LogP contribution in [0.3, 0.4) is 0 Å². The summed E-state index contributed by atoms with van der Waals surface area (Å²) in [5.41, 5.74) is 6.74. The molecule has 122 valence electrons. The number of aliphatic hydroxyl groups excluding tert-OH is 1. The summed E-state index contributed by atoms with van der Waals surface area (Å²) in [5, 5.41) is 19.1. The van der Waals surface area contributed by atoms with Crippen molar-refractivity contribution in [2.75, 3.05) is 13.2 Å². The molecule has 2 aromatic rings. The van der Waals surface area contributed by atoms with Gasteiger partial charge in [-0.15, -0.1) is 0 Å². The standard InChI is InChI=1S/C16H16O2.C4H8O/c1-10-7-15(18)13-5-6-14(13)16(10)12-4-2-3-11(8-12)9-17;1-2-4-5-3-1/h2-4,7-8,17-18H,5-6,9H2,1H3;1-4H2. The van der Waals surface area contributed by atoms with Gasteiger partial charge in [-0.1, -0.05) is 18.2 Å². The van der Waals surface area contributed by atoms with Crippen molar-refractivity contribution in [1.82, 2.24) is 0 Å². The van der Waals surface area contributed by atoms with Crippen LogP contribution in [0.25, 0.3) is 11.1 Å². The summed E-state index contributed by atoms with van der Waals surface area (Å²) >= 11 is 0. The maximum Gasteiger partial charge on any atom is 0.119 e. The number of aromatic hydroxyl groups is 1. The molecule has 4 rings (SSSR count). The van der Waals surface area contributed by atoms with Gasteiger partial charge in [-0.3, -0.25) is 0 Å². The quantitative estimate of drug-likeness (QED) is 0.888. The van der Waals surface area contributed by atoms with E-state index in [1.54, 1.807) is 0 Å². The number of aryl methyl sites for hydroxylation is 1. The van der Waals surface area contributed by atoms with E-state index in [9.17, 15) is 10.2 Å². The number of fused-ring (bicyclic) bond motifs is 1. The molecule has 0 atom stereocenters. The second-order valence-electron chi connectivity index (χ2n) is 6.22. The van der Waals surface area contributed by atoms with Crippen molar-refractivity contribution in [2.24, 2.45) is 0 Å². The van der Waals surface area contributed by atoms with Crippen LogP contribution in [0.2, 0.25) is 0 Å². The van der Waals surface area contributed by atoms with Crippen LogP contribution in [0.5, 0.6) is 5.75 Å². The topological polar surface area (TPSA) is 49.7 Å². The number of phenolic OH excluding ortho intramolecular Hbond substituents is 1. The van der Waals surface area contributed by atoms with Crippen molar-refractivity contribution in [3.63, 3.8) is 0 Å². The van der Waals surface area contributed by atoms with E-state index in [-0.39, 0.29) is 6.61 Å². The summed E-state index contributed by atoms with van der Waals surface area (Å²) in [5.74, 6) is 0.427. The molecule has 2 aliphatic rings. The number of hydrogen-bond acceptors (Lipinski definition) is 3. The van der Waals surface area contributed by atoms with Gasteiger partial charge in [-0.2, -0.15) is 0 Å². The first-order valence-electron chi connectivity index (χ1n) is 8.33. The Bertz CT molecular complexity index is 680. The molecule has 0 aromatic heterocycles. The van der Waals surface area contributed by atoms with Crippen LogP contribution in [0.15, 0.2) is 30.3 Å². The van der Waals surface area contributed by atoms with Gasteiger partial charge in [0.1, 0.15) is 5.75 Å². The third kappa shape index (κ3) is 3.41. The Morgan fingerprint density at radius 2 is 1.78 bits per heavy atom. The summed E-state index contributed by atoms with van der Waals surface area (Å²) in [4.78, 5) is 0. The smallest absolute Gasteiger partial charge is 0.119 e. The SMILES string of the molecule is C1CCOC1.Cc1cc(O)c2c(c1-c1cccc(CO)c1)CC2. The van der Waals surface area contributed by atoms with Crippen LogP contribution in [0, 0.1) is 6.92 Å². The molecule has 1 aliphatic carbocycles. The van der Waals surface area contributed by atoms with E-state index in [0.29, 0.717) is 5.75 Å². The lowest BCUT2D eigenvalue weighted by atomic mass is 9.79. The van der Waals surface area contributed by atoms with Crippen molar-refractivity contribution >= 4 is 0 Å². The number of rotatable bonds is 2. The fourth-order valence-electron chi connectivity index (χ4n) is 3.27. The van der Waals surface area contributed by atoms with Crippen LogP contribution in [-0.4, -0.2) is 23.4 Å². The van der Waals surface area contributed by atoms with Crippen LogP contribution >= 0.6 is 0 Å². The van der Waals surface area contributed by atoms with Crippen molar-refractivity contribution < 1.29 is 14.9 Å². The molecule has 2 aromatic carbocycles. The first kappa shape index (κ1) is 16.0. The summed E-state index contributed by atoms with van der Waals surface area (Å²) in [7, 11) is 0. The molecule has 1 saturated heterocycles. The first-order valence-corrected chi connectivity index (χ1v) is 8.33. The molecule has 0 radical (unpaired) electrons. The average Bonchev–Trinajstić information content (AvgIpc) is 3.09. The Labute approximate surface area is 137 Å². The molecule has 0 unspecified atom stereocenters. The lowest BCUT2D eigenvalue weighted by Crippen LogP contribution is -2.11. The zero-order valence-electron chi connectivity index (χ0n) is 13.6. The van der Waals surface area contributed by atoms with E-state index >= 15 is 0 Å².